The Morgan fingerprint density at radius 2 is 2.16 bits per heavy atom. The summed E-state index contributed by atoms with van der Waals surface area (Å²) >= 11 is 0. The van der Waals surface area contributed by atoms with Gasteiger partial charge in [-0.05, 0) is 19.1 Å². The summed E-state index contributed by atoms with van der Waals surface area (Å²) < 4.78 is 31.1. The molecule has 1 aromatic carbocycles. The van der Waals surface area contributed by atoms with E-state index in [1.807, 2.05) is 6.07 Å². The summed E-state index contributed by atoms with van der Waals surface area (Å²) in [4.78, 5) is 0.0384. The number of ether oxygens (including phenoxy) is 1. The molecule has 6 nitrogen and oxygen atoms in total. The first-order valence-corrected chi connectivity index (χ1v) is 7.07. The van der Waals surface area contributed by atoms with Crippen LogP contribution in [0, 0.1) is 11.3 Å². The van der Waals surface area contributed by atoms with Gasteiger partial charge in [0, 0.05) is 24.8 Å². The lowest BCUT2D eigenvalue weighted by Crippen LogP contribution is -2.35. The van der Waals surface area contributed by atoms with Gasteiger partial charge in [0.25, 0.3) is 0 Å². The number of hydrogen-bond acceptors (Lipinski definition) is 5. The Kier molecular flexibility index (Phi) is 4.75. The Bertz CT molecular complexity index is 593. The molecule has 0 aliphatic rings. The van der Waals surface area contributed by atoms with E-state index in [0.29, 0.717) is 5.69 Å². The van der Waals surface area contributed by atoms with Gasteiger partial charge in [0.2, 0.25) is 10.0 Å². The molecule has 0 saturated carbocycles. The Labute approximate surface area is 113 Å². The summed E-state index contributed by atoms with van der Waals surface area (Å²) in [6.45, 7) is 1.67. The van der Waals surface area contributed by atoms with Gasteiger partial charge in [0.05, 0.1) is 19.6 Å². The van der Waals surface area contributed by atoms with E-state index in [1.54, 1.807) is 6.92 Å². The number of methoxy groups -OCH3 is 1. The van der Waals surface area contributed by atoms with Crippen LogP contribution in [-0.4, -0.2) is 32.9 Å². The molecule has 0 radical (unpaired) electrons. The minimum Gasteiger partial charge on any atom is -0.495 e. The summed E-state index contributed by atoms with van der Waals surface area (Å²) in [5, 5.41) is 8.65. The molecule has 0 saturated heterocycles. The Morgan fingerprint density at radius 3 is 2.68 bits per heavy atom. The molecular formula is C12H17N3O3S. The van der Waals surface area contributed by atoms with Crippen LogP contribution in [0.3, 0.4) is 0 Å². The normalized spacial score (nSPS) is 13.0. The molecule has 0 aromatic heterocycles. The maximum absolute atomic E-state index is 12.4. The zero-order valence-corrected chi connectivity index (χ0v) is 11.9. The van der Waals surface area contributed by atoms with Crippen molar-refractivity contribution in [1.29, 1.82) is 5.26 Å². The summed E-state index contributed by atoms with van der Waals surface area (Å²) in [6, 6.07) is 5.89. The number of nitrogen functional groups attached to an aromatic ring is 1. The number of rotatable bonds is 5. The molecule has 0 heterocycles. The van der Waals surface area contributed by atoms with E-state index in [0.717, 1.165) is 4.31 Å². The number of sulfonamides is 1. The van der Waals surface area contributed by atoms with Crippen LogP contribution in [0.5, 0.6) is 5.75 Å². The van der Waals surface area contributed by atoms with E-state index in [4.69, 9.17) is 15.7 Å². The third-order valence-electron chi connectivity index (χ3n) is 2.85. The van der Waals surface area contributed by atoms with Crippen molar-refractivity contribution in [2.45, 2.75) is 24.3 Å². The summed E-state index contributed by atoms with van der Waals surface area (Å²) in [7, 11) is -0.899. The maximum Gasteiger partial charge on any atom is 0.246 e. The third kappa shape index (κ3) is 3.16. The molecule has 0 fully saturated rings. The molecule has 1 rings (SSSR count). The first-order valence-electron chi connectivity index (χ1n) is 5.63. The monoisotopic (exact) mass is 283 g/mol. The lowest BCUT2D eigenvalue weighted by atomic mass is 10.3. The van der Waals surface area contributed by atoms with Crippen LogP contribution in [0.1, 0.15) is 13.3 Å². The van der Waals surface area contributed by atoms with Crippen molar-refractivity contribution in [3.05, 3.63) is 18.2 Å². The average Bonchev–Trinajstić information content (AvgIpc) is 2.37. The van der Waals surface area contributed by atoms with Gasteiger partial charge >= 0.3 is 0 Å². The van der Waals surface area contributed by atoms with Crippen molar-refractivity contribution in [2.75, 3.05) is 19.9 Å². The van der Waals surface area contributed by atoms with Gasteiger partial charge in [-0.15, -0.1) is 0 Å². The van der Waals surface area contributed by atoms with Crippen molar-refractivity contribution in [3.8, 4) is 11.8 Å². The molecule has 0 bridgehead atoms. The second kappa shape index (κ2) is 5.91. The first-order chi connectivity index (χ1) is 8.84. The quantitative estimate of drug-likeness (QED) is 0.819. The Balaban J connectivity index is 3.24. The predicted octanol–water partition coefficient (Wildman–Crippen LogP) is 1.20. The van der Waals surface area contributed by atoms with E-state index in [-0.39, 0.29) is 17.1 Å². The second-order valence-corrected chi connectivity index (χ2v) is 6.11. The molecule has 0 aliphatic carbocycles. The molecule has 2 N–H and O–H groups in total. The van der Waals surface area contributed by atoms with Crippen LogP contribution in [0.25, 0.3) is 0 Å². The van der Waals surface area contributed by atoms with Crippen LogP contribution in [0.2, 0.25) is 0 Å². The average molecular weight is 283 g/mol. The van der Waals surface area contributed by atoms with E-state index in [2.05, 4.69) is 0 Å². The van der Waals surface area contributed by atoms with Gasteiger partial charge in [0.1, 0.15) is 10.6 Å². The molecular weight excluding hydrogens is 266 g/mol. The van der Waals surface area contributed by atoms with Crippen molar-refractivity contribution in [2.24, 2.45) is 0 Å². The molecule has 1 atom stereocenters. The Hall–Kier alpha value is -1.78. The molecule has 0 amide bonds. The van der Waals surface area contributed by atoms with Crippen molar-refractivity contribution in [3.63, 3.8) is 0 Å². The molecule has 0 aliphatic heterocycles. The van der Waals surface area contributed by atoms with Crippen LogP contribution in [-0.2, 0) is 10.0 Å². The third-order valence-corrected chi connectivity index (χ3v) is 4.86. The number of nitriles is 1. The van der Waals surface area contributed by atoms with Gasteiger partial charge in [0.15, 0.2) is 0 Å². The van der Waals surface area contributed by atoms with E-state index < -0.39 is 16.1 Å². The fourth-order valence-corrected chi connectivity index (χ4v) is 3.05. The molecule has 19 heavy (non-hydrogen) atoms. The number of nitrogens with zero attached hydrogens (tertiary/aromatic N) is 2. The summed E-state index contributed by atoms with van der Waals surface area (Å²) in [5.74, 6) is 0.191. The van der Waals surface area contributed by atoms with Gasteiger partial charge in [-0.1, -0.05) is 0 Å². The number of hydrogen-bond donors (Lipinski definition) is 1. The summed E-state index contributed by atoms with van der Waals surface area (Å²) in [5.41, 5.74) is 6.02. The van der Waals surface area contributed by atoms with Gasteiger partial charge in [-0.2, -0.15) is 9.57 Å². The highest BCUT2D eigenvalue weighted by Crippen LogP contribution is 2.29. The second-order valence-electron chi connectivity index (χ2n) is 4.14. The summed E-state index contributed by atoms with van der Waals surface area (Å²) in [6.07, 6.45) is 0.118. The van der Waals surface area contributed by atoms with Gasteiger partial charge in [-0.3, -0.25) is 0 Å². The largest absolute Gasteiger partial charge is 0.495 e. The standard InChI is InChI=1S/C12H17N3O3S/c1-9(6-7-13)15(2)19(16,17)12-5-4-10(14)8-11(12)18-3/h4-5,8-9H,6,14H2,1-3H3. The highest BCUT2D eigenvalue weighted by molar-refractivity contribution is 7.89. The van der Waals surface area contributed by atoms with E-state index in [9.17, 15) is 8.42 Å². The van der Waals surface area contributed by atoms with Crippen molar-refractivity contribution in [1.82, 2.24) is 4.31 Å². The van der Waals surface area contributed by atoms with Crippen LogP contribution >= 0.6 is 0 Å². The van der Waals surface area contributed by atoms with Crippen molar-refractivity contribution < 1.29 is 13.2 Å². The Morgan fingerprint density at radius 1 is 1.53 bits per heavy atom. The van der Waals surface area contributed by atoms with Gasteiger partial charge < -0.3 is 10.5 Å². The molecule has 1 unspecified atom stereocenters. The van der Waals surface area contributed by atoms with Gasteiger partial charge in [-0.25, -0.2) is 8.42 Å². The fraction of sp³-hybridized carbons (Fsp3) is 0.417. The minimum atomic E-state index is -3.72. The number of benzene rings is 1. The highest BCUT2D eigenvalue weighted by Gasteiger charge is 2.28. The van der Waals surface area contributed by atoms with E-state index >= 15 is 0 Å². The van der Waals surface area contributed by atoms with Crippen LogP contribution in [0.4, 0.5) is 5.69 Å². The van der Waals surface area contributed by atoms with Crippen LogP contribution in [0.15, 0.2) is 23.1 Å². The molecule has 7 heteroatoms. The van der Waals surface area contributed by atoms with Crippen molar-refractivity contribution >= 4 is 15.7 Å². The SMILES string of the molecule is COc1cc(N)ccc1S(=O)(=O)N(C)C(C)CC#N. The predicted molar refractivity (Wildman–Crippen MR) is 72.0 cm³/mol. The first kappa shape index (κ1) is 15.3. The smallest absolute Gasteiger partial charge is 0.246 e. The minimum absolute atomic E-state index is 0.0384. The lowest BCUT2D eigenvalue weighted by molar-refractivity contribution is 0.379. The molecule has 1 aromatic rings. The topological polar surface area (TPSA) is 96.4 Å². The molecule has 0 spiro atoms. The highest BCUT2D eigenvalue weighted by atomic mass is 32.2. The zero-order chi connectivity index (χ0) is 14.6. The van der Waals surface area contributed by atoms with E-state index in [1.165, 1.54) is 32.4 Å². The number of anilines is 1. The van der Waals surface area contributed by atoms with Crippen LogP contribution < -0.4 is 10.5 Å². The maximum atomic E-state index is 12.4. The zero-order valence-electron chi connectivity index (χ0n) is 11.1. The lowest BCUT2D eigenvalue weighted by Gasteiger charge is -2.23. The number of nitrogens with two attached hydrogens (primary N) is 1. The molecule has 104 valence electrons. The fourth-order valence-electron chi connectivity index (χ4n) is 1.55.